The van der Waals surface area contributed by atoms with E-state index in [-0.39, 0.29) is 0 Å². The van der Waals surface area contributed by atoms with Crippen LogP contribution in [0.1, 0.15) is 52.4 Å². The van der Waals surface area contributed by atoms with Crippen molar-refractivity contribution in [2.75, 3.05) is 0 Å². The molecule has 0 atom stereocenters. The maximum Gasteiger partial charge on any atom is -0.000585 e. The first-order chi connectivity index (χ1) is 8.86. The molecular formula is C17H30Si. The number of rotatable bonds is 4. The third-order valence-electron chi connectivity index (χ3n) is 2.84. The summed E-state index contributed by atoms with van der Waals surface area (Å²) in [5.74, 6) is 0. The summed E-state index contributed by atoms with van der Waals surface area (Å²) < 4.78 is 0. The highest BCUT2D eigenvalue weighted by molar-refractivity contribution is 6.05. The molecule has 0 fully saturated rings. The van der Waals surface area contributed by atoms with Gasteiger partial charge in [0.1, 0.15) is 0 Å². The Morgan fingerprint density at radius 1 is 0.833 bits per heavy atom. The van der Waals surface area contributed by atoms with E-state index in [2.05, 4.69) is 56.9 Å². The molecule has 0 aromatic heterocycles. The lowest BCUT2D eigenvalue weighted by Gasteiger charge is -1.93. The average Bonchev–Trinajstić information content (AvgIpc) is 3.07. The molecule has 0 radical (unpaired) electrons. The van der Waals surface area contributed by atoms with Gasteiger partial charge >= 0.3 is 0 Å². The lowest BCUT2D eigenvalue weighted by Crippen LogP contribution is -1.74. The standard InChI is InChI=1S/2C8H12.CH6Si/c2*1-2-5-8-6-3-4-7-8;1-2/h2*3-4,6H,2,5,7H2,1H3;1-2H3. The largest absolute Gasteiger partial charge is 0.0805 e. The molecule has 0 aliphatic heterocycles. The minimum Gasteiger partial charge on any atom is -0.0805 e. The third-order valence-corrected chi connectivity index (χ3v) is 2.84. The minimum absolute atomic E-state index is 1.20. The van der Waals surface area contributed by atoms with Crippen LogP contribution in [0.4, 0.5) is 0 Å². The van der Waals surface area contributed by atoms with Gasteiger partial charge in [-0.25, -0.2) is 0 Å². The molecule has 0 bridgehead atoms. The van der Waals surface area contributed by atoms with Crippen molar-refractivity contribution in [2.24, 2.45) is 0 Å². The van der Waals surface area contributed by atoms with Crippen LogP contribution in [-0.4, -0.2) is 10.2 Å². The fourth-order valence-corrected chi connectivity index (χ4v) is 2.00. The first-order valence-electron chi connectivity index (χ1n) is 7.56. The molecule has 0 heterocycles. The second-order valence-corrected chi connectivity index (χ2v) is 4.41. The maximum atomic E-state index is 2.23. The smallest absolute Gasteiger partial charge is 0.000585 e. The Morgan fingerprint density at radius 2 is 1.22 bits per heavy atom. The van der Waals surface area contributed by atoms with Crippen LogP contribution in [0.25, 0.3) is 0 Å². The van der Waals surface area contributed by atoms with Crippen molar-refractivity contribution >= 4 is 10.2 Å². The summed E-state index contributed by atoms with van der Waals surface area (Å²) in [6, 6.07) is 0. The highest BCUT2D eigenvalue weighted by Gasteiger charge is 1.95. The maximum absolute atomic E-state index is 2.23. The summed E-state index contributed by atoms with van der Waals surface area (Å²) >= 11 is 0. The predicted octanol–water partition coefficient (Wildman–Crippen LogP) is 4.75. The van der Waals surface area contributed by atoms with Crippen LogP contribution >= 0.6 is 0 Å². The van der Waals surface area contributed by atoms with Crippen LogP contribution in [0.2, 0.25) is 6.55 Å². The number of hydrogen-bond donors (Lipinski definition) is 0. The van der Waals surface area contributed by atoms with Crippen LogP contribution in [-0.2, 0) is 0 Å². The van der Waals surface area contributed by atoms with Crippen molar-refractivity contribution in [2.45, 2.75) is 58.9 Å². The Bertz CT molecular complexity index is 274. The highest BCUT2D eigenvalue weighted by atomic mass is 28.1. The summed E-state index contributed by atoms with van der Waals surface area (Å²) in [4.78, 5) is 0. The van der Waals surface area contributed by atoms with Crippen molar-refractivity contribution in [3.63, 3.8) is 0 Å². The second kappa shape index (κ2) is 12.6. The van der Waals surface area contributed by atoms with Gasteiger partial charge in [0.25, 0.3) is 0 Å². The van der Waals surface area contributed by atoms with Gasteiger partial charge in [0.15, 0.2) is 0 Å². The second-order valence-electron chi connectivity index (χ2n) is 4.41. The molecule has 0 nitrogen and oxygen atoms in total. The molecule has 102 valence electrons. The van der Waals surface area contributed by atoms with E-state index in [9.17, 15) is 0 Å². The summed E-state index contributed by atoms with van der Waals surface area (Å²) in [5.41, 5.74) is 3.18. The summed E-state index contributed by atoms with van der Waals surface area (Å²) in [7, 11) is 1.31. The molecular weight excluding hydrogens is 232 g/mol. The Hall–Kier alpha value is -0.823. The quantitative estimate of drug-likeness (QED) is 0.642. The molecule has 0 spiro atoms. The normalized spacial score (nSPS) is 15.5. The van der Waals surface area contributed by atoms with Gasteiger partial charge in [-0.05, 0) is 35.9 Å². The Kier molecular flexibility index (Phi) is 12.1. The zero-order valence-electron chi connectivity index (χ0n) is 12.7. The highest BCUT2D eigenvalue weighted by Crippen LogP contribution is 2.15. The van der Waals surface area contributed by atoms with Gasteiger partial charge < -0.3 is 0 Å². The first-order valence-corrected chi connectivity index (χ1v) is 9.56. The van der Waals surface area contributed by atoms with Crippen LogP contribution in [0, 0.1) is 0 Å². The molecule has 18 heavy (non-hydrogen) atoms. The molecule has 0 unspecified atom stereocenters. The monoisotopic (exact) mass is 262 g/mol. The Balaban J connectivity index is 0.000000283. The Labute approximate surface area is 117 Å². The van der Waals surface area contributed by atoms with Gasteiger partial charge in [-0.2, -0.15) is 0 Å². The van der Waals surface area contributed by atoms with Gasteiger partial charge in [-0.3, -0.25) is 0 Å². The van der Waals surface area contributed by atoms with E-state index >= 15 is 0 Å². The summed E-state index contributed by atoms with van der Waals surface area (Å²) in [6.45, 7) is 6.58. The first kappa shape index (κ1) is 17.2. The van der Waals surface area contributed by atoms with E-state index in [1.54, 1.807) is 11.1 Å². The zero-order chi connectivity index (χ0) is 13.6. The zero-order valence-corrected chi connectivity index (χ0v) is 14.7. The summed E-state index contributed by atoms with van der Waals surface area (Å²) in [5, 5.41) is 0. The summed E-state index contributed by atoms with van der Waals surface area (Å²) in [6.07, 6.45) is 20.7. The predicted molar refractivity (Wildman–Crippen MR) is 89.3 cm³/mol. The van der Waals surface area contributed by atoms with Crippen molar-refractivity contribution in [3.05, 3.63) is 47.6 Å². The molecule has 0 aromatic rings. The van der Waals surface area contributed by atoms with Gasteiger partial charge in [-0.15, -0.1) is 0 Å². The van der Waals surface area contributed by atoms with Crippen LogP contribution in [0.3, 0.4) is 0 Å². The van der Waals surface area contributed by atoms with E-state index in [0.717, 1.165) is 0 Å². The van der Waals surface area contributed by atoms with Gasteiger partial charge in [0.2, 0.25) is 0 Å². The number of hydrogen-bond acceptors (Lipinski definition) is 0. The molecule has 0 saturated carbocycles. The molecule has 2 aliphatic carbocycles. The third kappa shape index (κ3) is 8.29. The molecule has 2 rings (SSSR count). The van der Waals surface area contributed by atoms with E-state index < -0.39 is 0 Å². The molecule has 0 saturated heterocycles. The van der Waals surface area contributed by atoms with Crippen LogP contribution < -0.4 is 0 Å². The molecule has 1 heteroatoms. The topological polar surface area (TPSA) is 0 Å². The van der Waals surface area contributed by atoms with E-state index in [1.165, 1.54) is 48.8 Å². The van der Waals surface area contributed by atoms with Crippen LogP contribution in [0.5, 0.6) is 0 Å². The van der Waals surface area contributed by atoms with Crippen molar-refractivity contribution < 1.29 is 0 Å². The number of allylic oxidation sites excluding steroid dienone is 8. The van der Waals surface area contributed by atoms with Crippen LogP contribution in [0.15, 0.2) is 47.6 Å². The van der Waals surface area contributed by atoms with Gasteiger partial charge in [-0.1, -0.05) is 80.8 Å². The van der Waals surface area contributed by atoms with E-state index in [4.69, 9.17) is 0 Å². The minimum atomic E-state index is 1.20. The SMILES string of the molecule is CCCC1=CC=CC1.CCCC1=CC=CC1.C[SiH3]. The molecule has 0 N–H and O–H groups in total. The molecule has 2 aliphatic rings. The van der Waals surface area contributed by atoms with Crippen molar-refractivity contribution in [3.8, 4) is 0 Å². The van der Waals surface area contributed by atoms with Crippen molar-refractivity contribution in [1.29, 1.82) is 0 Å². The molecule has 0 amide bonds. The fourth-order valence-electron chi connectivity index (χ4n) is 2.00. The van der Waals surface area contributed by atoms with Crippen molar-refractivity contribution in [1.82, 2.24) is 0 Å². The van der Waals surface area contributed by atoms with E-state index in [0.29, 0.717) is 0 Å². The Morgan fingerprint density at radius 3 is 1.44 bits per heavy atom. The average molecular weight is 263 g/mol. The van der Waals surface area contributed by atoms with Gasteiger partial charge in [0, 0.05) is 0 Å². The molecule has 0 aromatic carbocycles. The fraction of sp³-hybridized carbons (Fsp3) is 0.529. The lowest BCUT2D eigenvalue weighted by atomic mass is 10.1. The van der Waals surface area contributed by atoms with Gasteiger partial charge in [0.05, 0.1) is 0 Å². The lowest BCUT2D eigenvalue weighted by molar-refractivity contribution is 0.887. The van der Waals surface area contributed by atoms with E-state index in [1.807, 2.05) is 0 Å².